The number of alkyl halides is 3. The molecule has 14 nitrogen and oxygen atoms in total. The number of nitrogens with two attached hydrogens (primary N) is 1. The first-order chi connectivity index (χ1) is 29.4. The van der Waals surface area contributed by atoms with Crippen molar-refractivity contribution in [3.05, 3.63) is 106 Å². The summed E-state index contributed by atoms with van der Waals surface area (Å²) in [5.74, 6) is -4.75. The SMILES string of the molecule is CCOC(=O)C1CC2(CCN(c3cc(O[C@@](F)(c4ccc(Br)cc4N4CCN(C(=O)OCc5ccccc5)CC4)C(F)F)nc(N)n3)CC2)CN1C(=O)OCc1ccccc1. The van der Waals surface area contributed by atoms with Crippen LogP contribution in [-0.4, -0.2) is 103 Å². The number of rotatable bonds is 12. The third-order valence-corrected chi connectivity index (χ3v) is 11.8. The Morgan fingerprint density at radius 2 is 1.46 bits per heavy atom. The molecule has 3 fully saturated rings. The Kier molecular flexibility index (Phi) is 13.4. The second-order valence-corrected chi connectivity index (χ2v) is 16.2. The number of halogens is 4. The van der Waals surface area contributed by atoms with E-state index in [2.05, 4.69) is 25.9 Å². The molecule has 3 saturated heterocycles. The first-order valence-corrected chi connectivity index (χ1v) is 20.9. The Bertz CT molecular complexity index is 2160. The molecule has 2 atom stereocenters. The highest BCUT2D eigenvalue weighted by molar-refractivity contribution is 9.10. The molecule has 7 rings (SSSR count). The summed E-state index contributed by atoms with van der Waals surface area (Å²) >= 11 is 3.39. The molecule has 0 radical (unpaired) electrons. The number of carbonyl (C=O) groups is 3. The maximum absolute atomic E-state index is 17.0. The highest BCUT2D eigenvalue weighted by Gasteiger charge is 2.52. The van der Waals surface area contributed by atoms with Gasteiger partial charge in [-0.25, -0.2) is 23.2 Å². The quantitative estimate of drug-likeness (QED) is 0.112. The smallest absolute Gasteiger partial charge is 0.410 e. The Hall–Kier alpha value is -5.78. The van der Waals surface area contributed by atoms with Gasteiger partial charge >= 0.3 is 30.4 Å². The van der Waals surface area contributed by atoms with Gasteiger partial charge in [0, 0.05) is 62.0 Å². The average Bonchev–Trinajstić information content (AvgIpc) is 3.64. The van der Waals surface area contributed by atoms with E-state index in [0.717, 1.165) is 11.1 Å². The number of nitrogens with zero attached hydrogens (tertiary/aromatic N) is 6. The maximum Gasteiger partial charge on any atom is 0.410 e. The van der Waals surface area contributed by atoms with Gasteiger partial charge in [-0.05, 0) is 60.9 Å². The van der Waals surface area contributed by atoms with Gasteiger partial charge in [-0.1, -0.05) is 76.6 Å². The van der Waals surface area contributed by atoms with E-state index in [0.29, 0.717) is 36.8 Å². The number of hydrogen-bond donors (Lipinski definition) is 1. The molecule has 2 N–H and O–H groups in total. The monoisotopic (exact) mass is 909 g/mol. The lowest BCUT2D eigenvalue weighted by Gasteiger charge is -2.39. The number of piperidine rings is 1. The number of anilines is 3. The van der Waals surface area contributed by atoms with Crippen molar-refractivity contribution in [2.75, 3.05) is 68.0 Å². The van der Waals surface area contributed by atoms with E-state index in [1.54, 1.807) is 11.8 Å². The van der Waals surface area contributed by atoms with Gasteiger partial charge in [0.1, 0.15) is 25.1 Å². The van der Waals surface area contributed by atoms with Crippen molar-refractivity contribution in [3.63, 3.8) is 0 Å². The highest BCUT2D eigenvalue weighted by Crippen LogP contribution is 2.46. The van der Waals surface area contributed by atoms with Crippen molar-refractivity contribution in [2.45, 2.75) is 57.7 Å². The van der Waals surface area contributed by atoms with Crippen LogP contribution in [0.3, 0.4) is 0 Å². The van der Waals surface area contributed by atoms with Crippen LogP contribution in [0.2, 0.25) is 0 Å². The number of nitrogen functional groups attached to an aromatic ring is 1. The third-order valence-electron chi connectivity index (χ3n) is 11.3. The number of likely N-dealkylation sites (tertiary alicyclic amines) is 1. The van der Waals surface area contributed by atoms with E-state index >= 15 is 13.2 Å². The van der Waals surface area contributed by atoms with Gasteiger partial charge < -0.3 is 39.4 Å². The third kappa shape index (κ3) is 10.1. The van der Waals surface area contributed by atoms with Crippen LogP contribution in [0.1, 0.15) is 42.9 Å². The molecule has 4 aromatic rings. The highest BCUT2D eigenvalue weighted by atomic mass is 79.9. The Labute approximate surface area is 359 Å². The Balaban J connectivity index is 1.03. The average molecular weight is 911 g/mol. The van der Waals surface area contributed by atoms with Crippen LogP contribution in [0.15, 0.2) is 89.4 Å². The number of esters is 1. The van der Waals surface area contributed by atoms with Crippen molar-refractivity contribution in [1.82, 2.24) is 19.8 Å². The normalized spacial score (nSPS) is 18.5. The molecule has 0 saturated carbocycles. The van der Waals surface area contributed by atoms with Crippen molar-refractivity contribution in [1.29, 1.82) is 0 Å². The second kappa shape index (κ2) is 18.9. The lowest BCUT2D eigenvalue weighted by Crippen LogP contribution is -2.50. The van der Waals surface area contributed by atoms with Crippen molar-refractivity contribution < 1.29 is 46.5 Å². The van der Waals surface area contributed by atoms with Crippen LogP contribution in [0, 0.1) is 5.41 Å². The number of carbonyl (C=O) groups excluding carboxylic acids is 3. The standard InChI is InChI=1S/C43H47BrF3N7O7/c1-2-58-37(55)34-25-42(28-54(34)41(57)60-27-30-11-7-4-8-12-30)15-17-52(18-16-42)35-24-36(50-39(48)49-35)61-43(47,38(45)46)32-14-13-31(44)23-33(32)51-19-21-53(22-20-51)40(56)59-26-29-9-5-3-6-10-29/h3-14,23-24,34,38H,2,15-22,25-28H2,1H3,(H2,48,49,50)/t34?,43-/m0/s1. The molecule has 1 aromatic heterocycles. The summed E-state index contributed by atoms with van der Waals surface area (Å²) in [6.45, 7) is 3.86. The molecular formula is C43H47BrF3N7O7. The van der Waals surface area contributed by atoms with E-state index in [4.69, 9.17) is 24.7 Å². The van der Waals surface area contributed by atoms with Crippen LogP contribution in [-0.2, 0) is 38.1 Å². The summed E-state index contributed by atoms with van der Waals surface area (Å²) in [6.07, 6.45) is -3.38. The van der Waals surface area contributed by atoms with E-state index in [1.165, 1.54) is 34.1 Å². The fourth-order valence-electron chi connectivity index (χ4n) is 8.08. The summed E-state index contributed by atoms with van der Waals surface area (Å²) in [7, 11) is 0. The van der Waals surface area contributed by atoms with Crippen LogP contribution in [0.25, 0.3) is 0 Å². The van der Waals surface area contributed by atoms with E-state index in [9.17, 15) is 14.4 Å². The Morgan fingerprint density at radius 1 is 0.836 bits per heavy atom. The zero-order chi connectivity index (χ0) is 43.1. The van der Waals surface area contributed by atoms with Crippen LogP contribution >= 0.6 is 15.9 Å². The number of ether oxygens (including phenoxy) is 4. The van der Waals surface area contributed by atoms with Crippen LogP contribution < -0.4 is 20.3 Å². The van der Waals surface area contributed by atoms with Crippen molar-refractivity contribution >= 4 is 51.5 Å². The lowest BCUT2D eigenvalue weighted by atomic mass is 9.76. The molecule has 61 heavy (non-hydrogen) atoms. The topological polar surface area (TPSA) is 153 Å². The molecule has 0 bridgehead atoms. The van der Waals surface area contributed by atoms with E-state index in [1.807, 2.05) is 65.6 Å². The zero-order valence-electron chi connectivity index (χ0n) is 33.6. The van der Waals surface area contributed by atoms with Gasteiger partial charge in [0.15, 0.2) is 0 Å². The summed E-state index contributed by atoms with van der Waals surface area (Å²) < 4.78 is 69.5. The minimum atomic E-state index is -3.67. The number of benzene rings is 3. The molecule has 3 aliphatic heterocycles. The van der Waals surface area contributed by atoms with E-state index in [-0.39, 0.29) is 70.0 Å². The minimum absolute atomic E-state index is 0.0474. The van der Waals surface area contributed by atoms with Crippen molar-refractivity contribution in [3.8, 4) is 5.88 Å². The molecule has 1 unspecified atom stereocenters. The fraction of sp³-hybridized carbons (Fsp3) is 0.419. The second-order valence-electron chi connectivity index (χ2n) is 15.3. The predicted octanol–water partition coefficient (Wildman–Crippen LogP) is 7.31. The first kappa shape index (κ1) is 43.3. The van der Waals surface area contributed by atoms with Crippen molar-refractivity contribution in [2.24, 2.45) is 5.41 Å². The lowest BCUT2D eigenvalue weighted by molar-refractivity contribution is -0.176. The number of aromatic nitrogens is 2. The van der Waals surface area contributed by atoms with Gasteiger partial charge in [-0.3, -0.25) is 4.90 Å². The molecule has 3 aromatic carbocycles. The van der Waals surface area contributed by atoms with Gasteiger partial charge in [0.05, 0.1) is 12.2 Å². The van der Waals surface area contributed by atoms with E-state index < -0.39 is 53.3 Å². The van der Waals surface area contributed by atoms with Gasteiger partial charge in [-0.2, -0.15) is 14.4 Å². The first-order valence-electron chi connectivity index (χ1n) is 20.1. The Morgan fingerprint density at radius 3 is 2.07 bits per heavy atom. The fourth-order valence-corrected chi connectivity index (χ4v) is 8.43. The molecule has 1 spiro atoms. The largest absolute Gasteiger partial charge is 0.464 e. The van der Waals surface area contributed by atoms with Gasteiger partial charge in [-0.15, -0.1) is 0 Å². The predicted molar refractivity (Wildman–Crippen MR) is 223 cm³/mol. The molecule has 2 amide bonds. The molecular weight excluding hydrogens is 863 g/mol. The molecule has 0 aliphatic carbocycles. The molecule has 3 aliphatic rings. The summed E-state index contributed by atoms with van der Waals surface area (Å²) in [5, 5.41) is 0. The zero-order valence-corrected chi connectivity index (χ0v) is 35.1. The summed E-state index contributed by atoms with van der Waals surface area (Å²) in [6, 6.07) is 23.1. The van der Waals surface area contributed by atoms with Gasteiger partial charge in [0.2, 0.25) is 11.8 Å². The van der Waals surface area contributed by atoms with Crippen LogP contribution in [0.5, 0.6) is 5.88 Å². The van der Waals surface area contributed by atoms with Crippen LogP contribution in [0.4, 0.5) is 40.2 Å². The number of piperazine rings is 1. The molecule has 18 heteroatoms. The summed E-state index contributed by atoms with van der Waals surface area (Å²) in [4.78, 5) is 54.1. The van der Waals surface area contributed by atoms with Gasteiger partial charge in [0.25, 0.3) is 0 Å². The maximum atomic E-state index is 17.0. The molecule has 324 valence electrons. The molecule has 4 heterocycles. The number of amides is 2. The minimum Gasteiger partial charge on any atom is -0.464 e. The summed E-state index contributed by atoms with van der Waals surface area (Å²) in [5.41, 5.74) is 6.97. The number of hydrogen-bond acceptors (Lipinski definition) is 12.